The summed E-state index contributed by atoms with van der Waals surface area (Å²) in [6.07, 6.45) is 0.456. The number of rotatable bonds is 7. The van der Waals surface area contributed by atoms with Crippen LogP contribution in [0.3, 0.4) is 0 Å². The van der Waals surface area contributed by atoms with Crippen LogP contribution in [0.5, 0.6) is 0 Å². The monoisotopic (exact) mass is 290 g/mol. The number of carbonyl (C=O) groups excluding carboxylic acids is 1. The lowest BCUT2D eigenvalue weighted by molar-refractivity contribution is -0.121. The molecule has 0 saturated carbocycles. The molecule has 0 aliphatic carbocycles. The number of thiophene rings is 1. The Kier molecular flexibility index (Phi) is 5.77. The lowest BCUT2D eigenvalue weighted by Crippen LogP contribution is -2.34. The van der Waals surface area contributed by atoms with Gasteiger partial charge in [0.25, 0.3) is 0 Å². The van der Waals surface area contributed by atoms with Crippen LogP contribution in [-0.2, 0) is 14.8 Å². The lowest BCUT2D eigenvalue weighted by atomic mass is 10.1. The first-order chi connectivity index (χ1) is 8.42. The summed E-state index contributed by atoms with van der Waals surface area (Å²) >= 11 is 1.16. The second-order valence-electron chi connectivity index (χ2n) is 4.28. The number of carbonyl (C=O) groups is 1. The van der Waals surface area contributed by atoms with Gasteiger partial charge in [-0.15, -0.1) is 11.3 Å². The normalized spacial score (nSPS) is 11.7. The van der Waals surface area contributed by atoms with E-state index in [-0.39, 0.29) is 16.7 Å². The van der Waals surface area contributed by atoms with Crippen molar-refractivity contribution in [2.75, 3.05) is 13.1 Å². The van der Waals surface area contributed by atoms with Crippen LogP contribution in [0.1, 0.15) is 20.3 Å². The Bertz CT molecular complexity index is 466. The summed E-state index contributed by atoms with van der Waals surface area (Å²) in [4.78, 5) is 11.3. The highest BCUT2D eigenvalue weighted by molar-refractivity contribution is 7.91. The van der Waals surface area contributed by atoms with Gasteiger partial charge in [0.1, 0.15) is 4.21 Å². The van der Waals surface area contributed by atoms with Gasteiger partial charge >= 0.3 is 0 Å². The van der Waals surface area contributed by atoms with Crippen LogP contribution in [0.15, 0.2) is 21.7 Å². The van der Waals surface area contributed by atoms with Crippen LogP contribution in [0, 0.1) is 5.92 Å². The van der Waals surface area contributed by atoms with Crippen LogP contribution in [0.2, 0.25) is 0 Å². The van der Waals surface area contributed by atoms with E-state index in [1.54, 1.807) is 17.5 Å². The second kappa shape index (κ2) is 6.86. The fourth-order valence-electron chi connectivity index (χ4n) is 1.32. The van der Waals surface area contributed by atoms with Crippen LogP contribution in [-0.4, -0.2) is 27.4 Å². The molecule has 5 nitrogen and oxygen atoms in total. The van der Waals surface area contributed by atoms with Gasteiger partial charge in [-0.1, -0.05) is 19.9 Å². The maximum Gasteiger partial charge on any atom is 0.250 e. The van der Waals surface area contributed by atoms with Gasteiger partial charge < -0.3 is 5.32 Å². The fraction of sp³-hybridized carbons (Fsp3) is 0.545. The zero-order chi connectivity index (χ0) is 13.6. The molecule has 0 aromatic carbocycles. The number of hydrogen-bond acceptors (Lipinski definition) is 4. The van der Waals surface area contributed by atoms with E-state index in [9.17, 15) is 13.2 Å². The third-order valence-corrected chi connectivity index (χ3v) is 4.95. The highest BCUT2D eigenvalue weighted by Gasteiger charge is 2.14. The van der Waals surface area contributed by atoms with E-state index in [2.05, 4.69) is 10.0 Å². The van der Waals surface area contributed by atoms with Crippen molar-refractivity contribution < 1.29 is 13.2 Å². The molecule has 0 atom stereocenters. The number of sulfonamides is 1. The van der Waals surface area contributed by atoms with E-state index in [1.165, 1.54) is 0 Å². The molecule has 1 amide bonds. The van der Waals surface area contributed by atoms with Crippen LogP contribution in [0.4, 0.5) is 0 Å². The predicted molar refractivity (Wildman–Crippen MR) is 72.0 cm³/mol. The smallest absolute Gasteiger partial charge is 0.250 e. The maximum atomic E-state index is 11.7. The van der Waals surface area contributed by atoms with Crippen molar-refractivity contribution >= 4 is 27.3 Å². The first kappa shape index (κ1) is 15.1. The Morgan fingerprint density at radius 1 is 1.39 bits per heavy atom. The maximum absolute atomic E-state index is 11.7. The molecule has 0 fully saturated rings. The van der Waals surface area contributed by atoms with Crippen LogP contribution >= 0.6 is 11.3 Å². The predicted octanol–water partition coefficient (Wildman–Crippen LogP) is 1.19. The molecule has 1 aromatic heterocycles. The topological polar surface area (TPSA) is 75.3 Å². The Balaban J connectivity index is 2.28. The molecule has 0 radical (unpaired) electrons. The van der Waals surface area contributed by atoms with Crippen molar-refractivity contribution in [2.24, 2.45) is 5.92 Å². The molecule has 0 aliphatic heterocycles. The molecule has 1 aromatic rings. The van der Waals surface area contributed by atoms with Crippen molar-refractivity contribution in [3.05, 3.63) is 17.5 Å². The van der Waals surface area contributed by atoms with Gasteiger partial charge in [-0.25, -0.2) is 13.1 Å². The Labute approximate surface area is 112 Å². The Morgan fingerprint density at radius 2 is 2.11 bits per heavy atom. The largest absolute Gasteiger partial charge is 0.355 e. The summed E-state index contributed by atoms with van der Waals surface area (Å²) in [5.41, 5.74) is 0. The average molecular weight is 290 g/mol. The van der Waals surface area contributed by atoms with E-state index < -0.39 is 10.0 Å². The summed E-state index contributed by atoms with van der Waals surface area (Å²) in [6, 6.07) is 3.23. The van der Waals surface area contributed by atoms with Gasteiger partial charge in [-0.05, 0) is 17.4 Å². The van der Waals surface area contributed by atoms with Crippen molar-refractivity contribution in [3.8, 4) is 0 Å². The van der Waals surface area contributed by atoms with E-state index >= 15 is 0 Å². The molecular weight excluding hydrogens is 272 g/mol. The number of nitrogens with one attached hydrogen (secondary N) is 2. The van der Waals surface area contributed by atoms with Crippen molar-refractivity contribution in [1.29, 1.82) is 0 Å². The zero-order valence-electron chi connectivity index (χ0n) is 10.5. The Hall–Kier alpha value is -0.920. The van der Waals surface area contributed by atoms with Gasteiger partial charge in [0.05, 0.1) is 0 Å². The minimum absolute atomic E-state index is 0.0553. The molecule has 0 bridgehead atoms. The molecule has 0 unspecified atom stereocenters. The van der Waals surface area contributed by atoms with Gasteiger partial charge in [-0.3, -0.25) is 4.79 Å². The molecule has 7 heteroatoms. The van der Waals surface area contributed by atoms with Gasteiger partial charge in [-0.2, -0.15) is 0 Å². The molecule has 1 heterocycles. The second-order valence-corrected chi connectivity index (χ2v) is 7.22. The molecule has 0 spiro atoms. The standard InChI is InChI=1S/C11H18N2O3S2/c1-9(2)8-10(14)12-5-6-13-18(15,16)11-4-3-7-17-11/h3-4,7,9,13H,5-6,8H2,1-2H3,(H,12,14). The minimum Gasteiger partial charge on any atom is -0.355 e. The molecule has 0 saturated heterocycles. The van der Waals surface area contributed by atoms with E-state index in [0.29, 0.717) is 18.9 Å². The molecule has 102 valence electrons. The number of hydrogen-bond donors (Lipinski definition) is 2. The molecule has 18 heavy (non-hydrogen) atoms. The van der Waals surface area contributed by atoms with Gasteiger partial charge in [0.15, 0.2) is 0 Å². The van der Waals surface area contributed by atoms with E-state index in [4.69, 9.17) is 0 Å². The average Bonchev–Trinajstić information content (AvgIpc) is 2.77. The summed E-state index contributed by atoms with van der Waals surface area (Å²) in [5.74, 6) is 0.244. The summed E-state index contributed by atoms with van der Waals surface area (Å²) < 4.78 is 26.1. The third-order valence-electron chi connectivity index (χ3n) is 2.09. The van der Waals surface area contributed by atoms with E-state index in [0.717, 1.165) is 11.3 Å². The minimum atomic E-state index is -3.42. The quantitative estimate of drug-likeness (QED) is 0.741. The number of amides is 1. The summed E-state index contributed by atoms with van der Waals surface area (Å²) in [5, 5.41) is 4.38. The molecule has 0 aliphatic rings. The SMILES string of the molecule is CC(C)CC(=O)NCCNS(=O)(=O)c1cccs1. The first-order valence-corrected chi connectivity index (χ1v) is 8.08. The molecular formula is C11H18N2O3S2. The van der Waals surface area contributed by atoms with Gasteiger partial charge in [0.2, 0.25) is 15.9 Å². The first-order valence-electron chi connectivity index (χ1n) is 5.71. The van der Waals surface area contributed by atoms with Crippen LogP contribution in [0.25, 0.3) is 0 Å². The highest BCUT2D eigenvalue weighted by atomic mass is 32.2. The zero-order valence-corrected chi connectivity index (χ0v) is 12.1. The van der Waals surface area contributed by atoms with Crippen LogP contribution < -0.4 is 10.0 Å². The Morgan fingerprint density at radius 3 is 2.67 bits per heavy atom. The van der Waals surface area contributed by atoms with Crippen molar-refractivity contribution in [1.82, 2.24) is 10.0 Å². The third kappa shape index (κ3) is 5.16. The van der Waals surface area contributed by atoms with Crippen molar-refractivity contribution in [3.63, 3.8) is 0 Å². The lowest BCUT2D eigenvalue weighted by Gasteiger charge is -2.08. The highest BCUT2D eigenvalue weighted by Crippen LogP contribution is 2.14. The molecule has 2 N–H and O–H groups in total. The molecule has 1 rings (SSSR count). The summed E-state index contributed by atoms with van der Waals surface area (Å²) in [7, 11) is -3.42. The fourth-order valence-corrected chi connectivity index (χ4v) is 3.39. The van der Waals surface area contributed by atoms with Crippen molar-refractivity contribution in [2.45, 2.75) is 24.5 Å². The summed E-state index contributed by atoms with van der Waals surface area (Å²) in [6.45, 7) is 4.42. The van der Waals surface area contributed by atoms with Gasteiger partial charge in [0, 0.05) is 19.5 Å². The van der Waals surface area contributed by atoms with E-state index in [1.807, 2.05) is 13.8 Å².